The van der Waals surface area contributed by atoms with Crippen molar-refractivity contribution in [2.24, 2.45) is 5.92 Å². The van der Waals surface area contributed by atoms with Gasteiger partial charge in [-0.25, -0.2) is 9.78 Å². The highest BCUT2D eigenvalue weighted by molar-refractivity contribution is 7.13. The molecule has 1 aromatic heterocycles. The van der Waals surface area contributed by atoms with Crippen molar-refractivity contribution in [3.63, 3.8) is 0 Å². The summed E-state index contributed by atoms with van der Waals surface area (Å²) in [4.78, 5) is 46.4. The molecule has 1 aliphatic heterocycles. The summed E-state index contributed by atoms with van der Waals surface area (Å²) in [6.07, 6.45) is 4.00. The standard InChI is InChI=1S/C26H35N5O4S/c1-3-35-23(32)16-31-12-10-30(11-13-31)15-20-17-36-26(27-20)29-25(34)28-22-9-8-18(2)14-21(22)24(33)19-6-4-5-7-19/h8-9,14,17,19H,3-7,10-13,15-16H2,1-2H3,(H2,27,28,29,34). The Labute approximate surface area is 216 Å². The number of piperazine rings is 1. The van der Waals surface area contributed by atoms with Crippen molar-refractivity contribution in [2.75, 3.05) is 50.0 Å². The number of esters is 1. The molecule has 1 aliphatic carbocycles. The fraction of sp³-hybridized carbons (Fsp3) is 0.538. The lowest BCUT2D eigenvalue weighted by atomic mass is 9.94. The summed E-state index contributed by atoms with van der Waals surface area (Å²) in [5, 5.41) is 8.12. The number of amides is 2. The van der Waals surface area contributed by atoms with Crippen LogP contribution in [0.2, 0.25) is 0 Å². The zero-order valence-electron chi connectivity index (χ0n) is 21.0. The van der Waals surface area contributed by atoms with Gasteiger partial charge in [-0.3, -0.25) is 24.7 Å². The Morgan fingerprint density at radius 1 is 1.08 bits per heavy atom. The van der Waals surface area contributed by atoms with Gasteiger partial charge in [0.15, 0.2) is 10.9 Å². The first-order valence-electron chi connectivity index (χ1n) is 12.7. The molecule has 0 atom stereocenters. The van der Waals surface area contributed by atoms with E-state index in [2.05, 4.69) is 25.4 Å². The number of nitrogens with one attached hydrogen (secondary N) is 2. The van der Waals surface area contributed by atoms with E-state index in [1.165, 1.54) is 11.3 Å². The second-order valence-corrected chi connectivity index (χ2v) is 10.3. The minimum absolute atomic E-state index is 0.0453. The number of benzene rings is 1. The lowest BCUT2D eigenvalue weighted by molar-refractivity contribution is -0.144. The maximum absolute atomic E-state index is 13.0. The van der Waals surface area contributed by atoms with Crippen molar-refractivity contribution in [3.05, 3.63) is 40.4 Å². The molecule has 1 saturated carbocycles. The van der Waals surface area contributed by atoms with Crippen molar-refractivity contribution in [2.45, 2.75) is 46.1 Å². The molecule has 1 aromatic carbocycles. The molecular weight excluding hydrogens is 478 g/mol. The van der Waals surface area contributed by atoms with Gasteiger partial charge in [0, 0.05) is 49.6 Å². The Hall–Kier alpha value is -2.82. The summed E-state index contributed by atoms with van der Waals surface area (Å²) >= 11 is 1.38. The summed E-state index contributed by atoms with van der Waals surface area (Å²) < 4.78 is 5.03. The van der Waals surface area contributed by atoms with Gasteiger partial charge in [0.1, 0.15) is 0 Å². The summed E-state index contributed by atoms with van der Waals surface area (Å²) in [5.41, 5.74) is 3.00. The van der Waals surface area contributed by atoms with E-state index >= 15 is 0 Å². The van der Waals surface area contributed by atoms with E-state index in [0.717, 1.165) is 63.1 Å². The van der Waals surface area contributed by atoms with E-state index in [1.54, 1.807) is 6.07 Å². The molecule has 1 saturated heterocycles. The molecule has 0 spiro atoms. The Bertz CT molecular complexity index is 1070. The summed E-state index contributed by atoms with van der Waals surface area (Å²) in [5.74, 6) is -0.0190. The molecule has 2 aliphatic rings. The fourth-order valence-electron chi connectivity index (χ4n) is 4.79. The fourth-order valence-corrected chi connectivity index (χ4v) is 5.49. The summed E-state index contributed by atoms with van der Waals surface area (Å²) in [6, 6.07) is 5.15. The molecule has 2 amide bonds. The quantitative estimate of drug-likeness (QED) is 0.383. The molecule has 0 unspecified atom stereocenters. The van der Waals surface area contributed by atoms with Crippen molar-refractivity contribution in [3.8, 4) is 0 Å². The van der Waals surface area contributed by atoms with Crippen molar-refractivity contribution >= 4 is 39.9 Å². The number of Topliss-reactive ketones (excluding diaryl/α,β-unsaturated/α-hetero) is 1. The topological polar surface area (TPSA) is 104 Å². The van der Waals surface area contributed by atoms with Gasteiger partial charge in [0.25, 0.3) is 0 Å². The van der Waals surface area contributed by atoms with E-state index in [4.69, 9.17) is 4.74 Å². The van der Waals surface area contributed by atoms with Crippen LogP contribution in [0.25, 0.3) is 0 Å². The molecule has 4 rings (SSSR count). The predicted molar refractivity (Wildman–Crippen MR) is 141 cm³/mol. The molecule has 0 radical (unpaired) electrons. The highest BCUT2D eigenvalue weighted by Crippen LogP contribution is 2.31. The van der Waals surface area contributed by atoms with E-state index in [1.807, 2.05) is 31.4 Å². The number of ether oxygens (including phenoxy) is 1. The van der Waals surface area contributed by atoms with Gasteiger partial charge in [-0.05, 0) is 38.8 Å². The zero-order chi connectivity index (χ0) is 25.5. The Morgan fingerprint density at radius 3 is 2.53 bits per heavy atom. The summed E-state index contributed by atoms with van der Waals surface area (Å²) in [7, 11) is 0. The zero-order valence-corrected chi connectivity index (χ0v) is 21.9. The van der Waals surface area contributed by atoms with Crippen LogP contribution in [0.5, 0.6) is 0 Å². The van der Waals surface area contributed by atoms with Gasteiger partial charge in [-0.2, -0.15) is 0 Å². The first kappa shape index (κ1) is 26.2. The number of aromatic nitrogens is 1. The molecule has 10 heteroatoms. The number of ketones is 1. The molecule has 2 heterocycles. The average molecular weight is 514 g/mol. The number of aryl methyl sites for hydroxylation is 1. The van der Waals surface area contributed by atoms with Crippen LogP contribution < -0.4 is 10.6 Å². The smallest absolute Gasteiger partial charge is 0.325 e. The lowest BCUT2D eigenvalue weighted by Crippen LogP contribution is -2.47. The first-order chi connectivity index (χ1) is 17.4. The van der Waals surface area contributed by atoms with E-state index in [0.29, 0.717) is 36.1 Å². The Balaban J connectivity index is 1.28. The van der Waals surface area contributed by atoms with Crippen LogP contribution >= 0.6 is 11.3 Å². The van der Waals surface area contributed by atoms with Crippen LogP contribution in [-0.2, 0) is 16.1 Å². The largest absolute Gasteiger partial charge is 0.465 e. The van der Waals surface area contributed by atoms with Crippen molar-refractivity contribution in [1.82, 2.24) is 14.8 Å². The number of hydrogen-bond acceptors (Lipinski definition) is 8. The molecule has 194 valence electrons. The van der Waals surface area contributed by atoms with E-state index < -0.39 is 6.03 Å². The van der Waals surface area contributed by atoms with Gasteiger partial charge < -0.3 is 10.1 Å². The van der Waals surface area contributed by atoms with Crippen molar-refractivity contribution in [1.29, 1.82) is 0 Å². The normalized spacial score (nSPS) is 17.2. The lowest BCUT2D eigenvalue weighted by Gasteiger charge is -2.33. The third-order valence-corrected chi connectivity index (χ3v) is 7.50. The number of anilines is 2. The number of urea groups is 1. The van der Waals surface area contributed by atoms with E-state index in [-0.39, 0.29) is 17.7 Å². The molecule has 2 fully saturated rings. The number of thiazole rings is 1. The summed E-state index contributed by atoms with van der Waals surface area (Å²) in [6.45, 7) is 8.46. The minimum atomic E-state index is -0.409. The van der Waals surface area contributed by atoms with Gasteiger partial charge in [0.05, 0.1) is 24.5 Å². The second kappa shape index (κ2) is 12.4. The SMILES string of the molecule is CCOC(=O)CN1CCN(Cc2csc(NC(=O)Nc3ccc(C)cc3C(=O)C3CCCC3)n2)CC1. The monoisotopic (exact) mass is 513 g/mol. The molecule has 36 heavy (non-hydrogen) atoms. The molecule has 9 nitrogen and oxygen atoms in total. The van der Waals surface area contributed by atoms with Crippen LogP contribution in [0.15, 0.2) is 23.6 Å². The number of hydrogen-bond donors (Lipinski definition) is 2. The third-order valence-electron chi connectivity index (χ3n) is 6.70. The molecule has 2 aromatic rings. The van der Waals surface area contributed by atoms with Crippen LogP contribution in [0.3, 0.4) is 0 Å². The van der Waals surface area contributed by atoms with Gasteiger partial charge >= 0.3 is 12.0 Å². The highest BCUT2D eigenvalue weighted by atomic mass is 32.1. The number of carbonyl (C=O) groups is 3. The van der Waals surface area contributed by atoms with Crippen LogP contribution in [0.4, 0.5) is 15.6 Å². The van der Waals surface area contributed by atoms with Gasteiger partial charge in [0.2, 0.25) is 0 Å². The third kappa shape index (κ3) is 7.11. The van der Waals surface area contributed by atoms with Crippen molar-refractivity contribution < 1.29 is 19.1 Å². The predicted octanol–water partition coefficient (Wildman–Crippen LogP) is 4.15. The first-order valence-corrected chi connectivity index (χ1v) is 13.6. The van der Waals surface area contributed by atoms with Crippen LogP contribution in [-0.4, -0.2) is 71.9 Å². The Morgan fingerprint density at radius 2 is 1.81 bits per heavy atom. The molecule has 0 bridgehead atoms. The van der Waals surface area contributed by atoms with E-state index in [9.17, 15) is 14.4 Å². The number of rotatable bonds is 9. The van der Waals surface area contributed by atoms with Crippen LogP contribution in [0.1, 0.15) is 54.2 Å². The minimum Gasteiger partial charge on any atom is -0.465 e. The molecular formula is C26H35N5O4S. The average Bonchev–Trinajstić information content (AvgIpc) is 3.54. The maximum atomic E-state index is 13.0. The Kier molecular flexibility index (Phi) is 9.06. The number of nitrogens with zero attached hydrogens (tertiary/aromatic N) is 3. The highest BCUT2D eigenvalue weighted by Gasteiger charge is 2.26. The van der Waals surface area contributed by atoms with Gasteiger partial charge in [-0.15, -0.1) is 11.3 Å². The number of carbonyl (C=O) groups excluding carboxylic acids is 3. The second-order valence-electron chi connectivity index (χ2n) is 9.48. The molecule has 2 N–H and O–H groups in total. The maximum Gasteiger partial charge on any atom is 0.325 e. The van der Waals surface area contributed by atoms with Crippen LogP contribution in [0, 0.1) is 12.8 Å². The van der Waals surface area contributed by atoms with Gasteiger partial charge in [-0.1, -0.05) is 24.5 Å².